The Balaban J connectivity index is 2.81. The lowest BCUT2D eigenvalue weighted by molar-refractivity contribution is 0.759. The van der Waals surface area contributed by atoms with Gasteiger partial charge in [0.05, 0.1) is 0 Å². The third-order valence-electron chi connectivity index (χ3n) is 1.99. The van der Waals surface area contributed by atoms with Crippen molar-refractivity contribution in [1.29, 1.82) is 0 Å². The molecule has 1 heterocycles. The van der Waals surface area contributed by atoms with Gasteiger partial charge in [0.25, 0.3) is 0 Å². The zero-order chi connectivity index (χ0) is 12.0. The van der Waals surface area contributed by atoms with Crippen LogP contribution in [0.2, 0.25) is 0 Å². The summed E-state index contributed by atoms with van der Waals surface area (Å²) in [5.74, 6) is 1.04. The van der Waals surface area contributed by atoms with Crippen molar-refractivity contribution < 1.29 is 0 Å². The number of aromatic nitrogens is 2. The van der Waals surface area contributed by atoms with E-state index in [4.69, 9.17) is 11.5 Å². The monoisotopic (exact) mass is 221 g/mol. The average molecular weight is 221 g/mol. The number of hydrogen-bond donors (Lipinski definition) is 3. The van der Waals surface area contributed by atoms with E-state index < -0.39 is 0 Å². The molecule has 0 radical (unpaired) electrons. The first-order chi connectivity index (χ1) is 7.63. The van der Waals surface area contributed by atoms with Gasteiger partial charge in [-0.25, -0.2) is 4.98 Å². The van der Waals surface area contributed by atoms with Gasteiger partial charge in [0, 0.05) is 24.3 Å². The molecule has 1 aromatic rings. The predicted molar refractivity (Wildman–Crippen MR) is 67.9 cm³/mol. The Labute approximate surface area is 96.0 Å². The van der Waals surface area contributed by atoms with Gasteiger partial charge in [0.2, 0.25) is 5.95 Å². The van der Waals surface area contributed by atoms with Crippen LogP contribution in [-0.2, 0) is 0 Å². The molecule has 5 nitrogen and oxygen atoms in total. The summed E-state index contributed by atoms with van der Waals surface area (Å²) in [6.45, 7) is 4.77. The lowest BCUT2D eigenvalue weighted by Gasteiger charge is -2.06. The second-order valence-electron chi connectivity index (χ2n) is 3.68. The second kappa shape index (κ2) is 6.07. The maximum absolute atomic E-state index is 5.66. The summed E-state index contributed by atoms with van der Waals surface area (Å²) in [4.78, 5) is 8.10. The van der Waals surface area contributed by atoms with E-state index in [0.29, 0.717) is 0 Å². The first kappa shape index (κ1) is 12.4. The van der Waals surface area contributed by atoms with Crippen LogP contribution in [0.5, 0.6) is 0 Å². The van der Waals surface area contributed by atoms with Gasteiger partial charge in [-0.05, 0) is 20.3 Å². The van der Waals surface area contributed by atoms with E-state index in [9.17, 15) is 0 Å². The van der Waals surface area contributed by atoms with Crippen LogP contribution in [0.1, 0.15) is 25.8 Å². The van der Waals surface area contributed by atoms with Gasteiger partial charge >= 0.3 is 0 Å². The smallest absolute Gasteiger partial charge is 0.221 e. The maximum atomic E-state index is 5.66. The zero-order valence-corrected chi connectivity index (χ0v) is 9.77. The minimum atomic E-state index is 0.161. The molecule has 5 N–H and O–H groups in total. The van der Waals surface area contributed by atoms with E-state index in [2.05, 4.69) is 15.3 Å². The summed E-state index contributed by atoms with van der Waals surface area (Å²) in [7, 11) is 0. The highest BCUT2D eigenvalue weighted by molar-refractivity contribution is 5.63. The largest absolute Gasteiger partial charge is 0.370 e. The molecule has 0 amide bonds. The van der Waals surface area contributed by atoms with E-state index in [1.807, 2.05) is 26.0 Å². The normalized spacial score (nSPS) is 12.9. The molecule has 0 aromatic carbocycles. The molecule has 0 bridgehead atoms. The molecule has 0 aliphatic heterocycles. The minimum absolute atomic E-state index is 0.161. The summed E-state index contributed by atoms with van der Waals surface area (Å²) < 4.78 is 0. The highest BCUT2D eigenvalue weighted by atomic mass is 15.1. The molecule has 0 spiro atoms. The summed E-state index contributed by atoms with van der Waals surface area (Å²) in [5, 5.41) is 3.14. The molecule has 5 heteroatoms. The molecule has 0 saturated carbocycles. The van der Waals surface area contributed by atoms with Crippen LogP contribution < -0.4 is 16.8 Å². The fourth-order valence-electron chi connectivity index (χ4n) is 1.25. The first-order valence-corrected chi connectivity index (χ1v) is 5.42. The Morgan fingerprint density at radius 1 is 1.56 bits per heavy atom. The average Bonchev–Trinajstić information content (AvgIpc) is 2.21. The molecule has 16 heavy (non-hydrogen) atoms. The van der Waals surface area contributed by atoms with Crippen molar-refractivity contribution in [3.05, 3.63) is 17.8 Å². The van der Waals surface area contributed by atoms with Crippen LogP contribution in [0.25, 0.3) is 6.08 Å². The fraction of sp³-hybridized carbons (Fsp3) is 0.455. The van der Waals surface area contributed by atoms with Crippen molar-refractivity contribution in [2.24, 2.45) is 5.73 Å². The van der Waals surface area contributed by atoms with Gasteiger partial charge < -0.3 is 16.8 Å². The molecule has 0 unspecified atom stereocenters. The standard InChI is InChI=1S/C11H19N5/c1-3-14-10-9(6-4-5-8(2)12)7-15-11(13)16-10/h4,6-8H,3,5,12H2,1-2H3,(H3,13,14,15,16)/b6-4+/t8-/m0/s1. The summed E-state index contributed by atoms with van der Waals surface area (Å²) in [6.07, 6.45) is 6.51. The van der Waals surface area contributed by atoms with Crippen molar-refractivity contribution in [3.8, 4) is 0 Å². The van der Waals surface area contributed by atoms with Gasteiger partial charge in [-0.2, -0.15) is 4.98 Å². The van der Waals surface area contributed by atoms with Crippen molar-refractivity contribution in [2.75, 3.05) is 17.6 Å². The van der Waals surface area contributed by atoms with Crippen LogP contribution in [0.15, 0.2) is 12.3 Å². The van der Waals surface area contributed by atoms with E-state index >= 15 is 0 Å². The Kier molecular flexibility index (Phi) is 4.72. The number of nitrogens with one attached hydrogen (secondary N) is 1. The Hall–Kier alpha value is -1.62. The number of nitrogens with two attached hydrogens (primary N) is 2. The predicted octanol–water partition coefficient (Wildman–Crippen LogP) is 1.24. The number of nitrogens with zero attached hydrogens (tertiary/aromatic N) is 2. The molecule has 88 valence electrons. The third-order valence-corrected chi connectivity index (χ3v) is 1.99. The van der Waals surface area contributed by atoms with Crippen molar-refractivity contribution in [2.45, 2.75) is 26.3 Å². The van der Waals surface area contributed by atoms with Crippen LogP contribution in [0.3, 0.4) is 0 Å². The first-order valence-electron chi connectivity index (χ1n) is 5.42. The second-order valence-corrected chi connectivity index (χ2v) is 3.68. The van der Waals surface area contributed by atoms with E-state index in [0.717, 1.165) is 24.3 Å². The van der Waals surface area contributed by atoms with E-state index in [-0.39, 0.29) is 12.0 Å². The molecule has 0 aliphatic carbocycles. The topological polar surface area (TPSA) is 89.8 Å². The number of nitrogen functional groups attached to an aromatic ring is 1. The van der Waals surface area contributed by atoms with Crippen molar-refractivity contribution >= 4 is 17.8 Å². The van der Waals surface area contributed by atoms with Gasteiger partial charge in [-0.1, -0.05) is 12.2 Å². The molecular formula is C11H19N5. The maximum Gasteiger partial charge on any atom is 0.221 e. The molecule has 1 aromatic heterocycles. The number of hydrogen-bond acceptors (Lipinski definition) is 5. The Morgan fingerprint density at radius 3 is 2.94 bits per heavy atom. The molecule has 0 aliphatic rings. The quantitative estimate of drug-likeness (QED) is 0.696. The number of anilines is 2. The van der Waals surface area contributed by atoms with Gasteiger partial charge in [0.15, 0.2) is 0 Å². The molecule has 1 rings (SSSR count). The van der Waals surface area contributed by atoms with Crippen LogP contribution >= 0.6 is 0 Å². The lowest BCUT2D eigenvalue weighted by atomic mass is 10.2. The van der Waals surface area contributed by atoms with Gasteiger partial charge in [-0.3, -0.25) is 0 Å². The molecule has 0 fully saturated rings. The van der Waals surface area contributed by atoms with E-state index in [1.165, 1.54) is 0 Å². The molecular weight excluding hydrogens is 202 g/mol. The number of rotatable bonds is 5. The van der Waals surface area contributed by atoms with Crippen LogP contribution in [-0.4, -0.2) is 22.6 Å². The SMILES string of the molecule is CCNc1nc(N)ncc1/C=C/C[C@H](C)N. The Bertz CT molecular complexity index is 359. The van der Waals surface area contributed by atoms with E-state index in [1.54, 1.807) is 6.20 Å². The van der Waals surface area contributed by atoms with Crippen LogP contribution in [0.4, 0.5) is 11.8 Å². The van der Waals surface area contributed by atoms with Crippen molar-refractivity contribution in [3.63, 3.8) is 0 Å². The highest BCUT2D eigenvalue weighted by Crippen LogP contribution is 2.14. The zero-order valence-electron chi connectivity index (χ0n) is 9.77. The van der Waals surface area contributed by atoms with Gasteiger partial charge in [0.1, 0.15) is 5.82 Å². The van der Waals surface area contributed by atoms with Crippen LogP contribution in [0, 0.1) is 0 Å². The summed E-state index contributed by atoms with van der Waals surface area (Å²) in [6, 6.07) is 0.161. The summed E-state index contributed by atoms with van der Waals surface area (Å²) in [5.41, 5.74) is 12.1. The van der Waals surface area contributed by atoms with Gasteiger partial charge in [-0.15, -0.1) is 0 Å². The minimum Gasteiger partial charge on any atom is -0.370 e. The highest BCUT2D eigenvalue weighted by Gasteiger charge is 2.01. The summed E-state index contributed by atoms with van der Waals surface area (Å²) >= 11 is 0. The van der Waals surface area contributed by atoms with Crippen molar-refractivity contribution in [1.82, 2.24) is 9.97 Å². The molecule has 0 saturated heterocycles. The fourth-order valence-corrected chi connectivity index (χ4v) is 1.25. The lowest BCUT2D eigenvalue weighted by Crippen LogP contribution is -2.12. The third kappa shape index (κ3) is 3.86. The molecule has 1 atom stereocenters. The Morgan fingerprint density at radius 2 is 2.31 bits per heavy atom.